The van der Waals surface area contributed by atoms with Crippen molar-refractivity contribution in [2.45, 2.75) is 20.8 Å². The third kappa shape index (κ3) is 2.95. The van der Waals surface area contributed by atoms with Crippen LogP contribution in [0.2, 0.25) is 0 Å². The van der Waals surface area contributed by atoms with Gasteiger partial charge in [0.2, 0.25) is 0 Å². The first-order valence-electron chi connectivity index (χ1n) is 7.85. The lowest BCUT2D eigenvalue weighted by atomic mass is 9.99. The summed E-state index contributed by atoms with van der Waals surface area (Å²) in [6, 6.07) is 16.0. The van der Waals surface area contributed by atoms with Crippen LogP contribution in [0.1, 0.15) is 28.4 Å². The van der Waals surface area contributed by atoms with Gasteiger partial charge < -0.3 is 5.32 Å². The van der Waals surface area contributed by atoms with Crippen molar-refractivity contribution in [3.8, 4) is 11.3 Å². The van der Waals surface area contributed by atoms with Crippen molar-refractivity contribution >= 4 is 16.8 Å². The molecule has 23 heavy (non-hydrogen) atoms. The number of para-hydroxylation sites is 1. The summed E-state index contributed by atoms with van der Waals surface area (Å²) in [7, 11) is 0. The standard InChI is InChI=1S/C20H20N2O/c1-4-21-20(23)17-12-19(15-10-9-13(2)11-14(15)3)22-18-8-6-5-7-16(17)18/h5-12H,4H2,1-3H3,(H,21,23). The highest BCUT2D eigenvalue weighted by Gasteiger charge is 2.14. The van der Waals surface area contributed by atoms with Crippen LogP contribution < -0.4 is 5.32 Å². The summed E-state index contributed by atoms with van der Waals surface area (Å²) in [5.74, 6) is -0.0582. The average Bonchev–Trinajstić information content (AvgIpc) is 2.54. The molecule has 0 bridgehead atoms. The maximum Gasteiger partial charge on any atom is 0.252 e. The zero-order valence-corrected chi connectivity index (χ0v) is 13.7. The summed E-state index contributed by atoms with van der Waals surface area (Å²) >= 11 is 0. The molecular weight excluding hydrogens is 284 g/mol. The lowest BCUT2D eigenvalue weighted by molar-refractivity contribution is 0.0957. The number of rotatable bonds is 3. The average molecular weight is 304 g/mol. The molecule has 0 aliphatic heterocycles. The number of nitrogens with zero attached hydrogens (tertiary/aromatic N) is 1. The highest BCUT2D eigenvalue weighted by Crippen LogP contribution is 2.27. The van der Waals surface area contributed by atoms with E-state index < -0.39 is 0 Å². The van der Waals surface area contributed by atoms with Gasteiger partial charge in [-0.15, -0.1) is 0 Å². The van der Waals surface area contributed by atoms with Gasteiger partial charge in [-0.25, -0.2) is 4.98 Å². The number of carbonyl (C=O) groups is 1. The van der Waals surface area contributed by atoms with E-state index in [2.05, 4.69) is 37.4 Å². The lowest BCUT2D eigenvalue weighted by Crippen LogP contribution is -2.23. The number of hydrogen-bond acceptors (Lipinski definition) is 2. The second-order valence-corrected chi connectivity index (χ2v) is 5.75. The minimum Gasteiger partial charge on any atom is -0.352 e. The molecule has 0 saturated heterocycles. The Labute approximate surface area is 136 Å². The van der Waals surface area contributed by atoms with Crippen LogP contribution >= 0.6 is 0 Å². The van der Waals surface area contributed by atoms with E-state index >= 15 is 0 Å². The summed E-state index contributed by atoms with van der Waals surface area (Å²) in [4.78, 5) is 17.2. The smallest absolute Gasteiger partial charge is 0.252 e. The van der Waals surface area contributed by atoms with Crippen molar-refractivity contribution in [2.75, 3.05) is 6.54 Å². The molecule has 1 heterocycles. The number of nitrogens with one attached hydrogen (secondary N) is 1. The van der Waals surface area contributed by atoms with Crippen molar-refractivity contribution in [1.82, 2.24) is 10.3 Å². The van der Waals surface area contributed by atoms with Gasteiger partial charge in [0.15, 0.2) is 0 Å². The van der Waals surface area contributed by atoms with E-state index in [1.165, 1.54) is 5.56 Å². The molecule has 1 N–H and O–H groups in total. The summed E-state index contributed by atoms with van der Waals surface area (Å²) in [6.07, 6.45) is 0. The number of hydrogen-bond donors (Lipinski definition) is 1. The molecule has 0 saturated carbocycles. The van der Waals surface area contributed by atoms with Crippen LogP contribution in [-0.4, -0.2) is 17.4 Å². The van der Waals surface area contributed by atoms with Crippen LogP contribution in [0.25, 0.3) is 22.2 Å². The Morgan fingerprint density at radius 3 is 2.61 bits per heavy atom. The van der Waals surface area contributed by atoms with Crippen LogP contribution in [0.3, 0.4) is 0 Å². The van der Waals surface area contributed by atoms with E-state index in [0.29, 0.717) is 12.1 Å². The molecule has 0 fully saturated rings. The van der Waals surface area contributed by atoms with E-state index in [0.717, 1.165) is 27.7 Å². The maximum atomic E-state index is 12.4. The van der Waals surface area contributed by atoms with Gasteiger partial charge in [0, 0.05) is 17.5 Å². The quantitative estimate of drug-likeness (QED) is 0.785. The Morgan fingerprint density at radius 1 is 1.09 bits per heavy atom. The predicted octanol–water partition coefficient (Wildman–Crippen LogP) is 4.27. The first-order chi connectivity index (χ1) is 11.1. The number of benzene rings is 2. The van der Waals surface area contributed by atoms with E-state index in [4.69, 9.17) is 4.98 Å². The molecule has 3 rings (SSSR count). The second-order valence-electron chi connectivity index (χ2n) is 5.75. The normalized spacial score (nSPS) is 10.7. The number of amides is 1. The summed E-state index contributed by atoms with van der Waals surface area (Å²) in [5, 5.41) is 3.77. The molecule has 0 spiro atoms. The monoisotopic (exact) mass is 304 g/mol. The van der Waals surface area contributed by atoms with Crippen molar-refractivity contribution < 1.29 is 4.79 Å². The van der Waals surface area contributed by atoms with Crippen molar-refractivity contribution in [2.24, 2.45) is 0 Å². The number of aryl methyl sites for hydroxylation is 2. The van der Waals surface area contributed by atoms with Crippen LogP contribution in [0, 0.1) is 13.8 Å². The Kier molecular flexibility index (Phi) is 4.11. The van der Waals surface area contributed by atoms with Crippen molar-refractivity contribution in [3.63, 3.8) is 0 Å². The molecule has 1 amide bonds. The van der Waals surface area contributed by atoms with Gasteiger partial charge >= 0.3 is 0 Å². The van der Waals surface area contributed by atoms with Gasteiger partial charge in [0.1, 0.15) is 0 Å². The molecule has 0 radical (unpaired) electrons. The number of pyridine rings is 1. The molecule has 3 nitrogen and oxygen atoms in total. The number of fused-ring (bicyclic) bond motifs is 1. The SMILES string of the molecule is CCNC(=O)c1cc(-c2ccc(C)cc2C)nc2ccccc12. The van der Waals surface area contributed by atoms with Crippen LogP contribution in [0.15, 0.2) is 48.5 Å². The minimum absolute atomic E-state index is 0.0582. The molecular formula is C20H20N2O. The first kappa shape index (κ1) is 15.2. The van der Waals surface area contributed by atoms with Crippen LogP contribution in [-0.2, 0) is 0 Å². The fraction of sp³-hybridized carbons (Fsp3) is 0.200. The molecule has 2 aromatic carbocycles. The van der Waals surface area contributed by atoms with Gasteiger partial charge in [-0.1, -0.05) is 42.0 Å². The molecule has 0 atom stereocenters. The Hall–Kier alpha value is -2.68. The summed E-state index contributed by atoms with van der Waals surface area (Å²) in [5.41, 5.74) is 5.79. The van der Waals surface area contributed by atoms with Gasteiger partial charge in [-0.05, 0) is 38.5 Å². The Bertz CT molecular complexity index is 884. The largest absolute Gasteiger partial charge is 0.352 e. The lowest BCUT2D eigenvalue weighted by Gasteiger charge is -2.11. The van der Waals surface area contributed by atoms with Gasteiger partial charge in [0.05, 0.1) is 16.8 Å². The molecule has 0 aliphatic rings. The van der Waals surface area contributed by atoms with Crippen LogP contribution in [0.5, 0.6) is 0 Å². The topological polar surface area (TPSA) is 42.0 Å². The van der Waals surface area contributed by atoms with Gasteiger partial charge in [0.25, 0.3) is 5.91 Å². The maximum absolute atomic E-state index is 12.4. The molecule has 0 unspecified atom stereocenters. The molecule has 0 aliphatic carbocycles. The molecule has 116 valence electrons. The second kappa shape index (κ2) is 6.21. The Balaban J connectivity index is 2.24. The molecule has 3 heteroatoms. The highest BCUT2D eigenvalue weighted by atomic mass is 16.1. The fourth-order valence-electron chi connectivity index (χ4n) is 2.86. The number of aromatic nitrogens is 1. The van der Waals surface area contributed by atoms with Gasteiger partial charge in [-0.3, -0.25) is 4.79 Å². The van der Waals surface area contributed by atoms with E-state index in [1.54, 1.807) is 0 Å². The predicted molar refractivity (Wildman–Crippen MR) is 94.7 cm³/mol. The van der Waals surface area contributed by atoms with E-state index in [1.807, 2.05) is 37.3 Å². The number of carbonyl (C=O) groups excluding carboxylic acids is 1. The fourth-order valence-corrected chi connectivity index (χ4v) is 2.86. The Morgan fingerprint density at radius 2 is 1.87 bits per heavy atom. The third-order valence-corrected chi connectivity index (χ3v) is 3.96. The summed E-state index contributed by atoms with van der Waals surface area (Å²) < 4.78 is 0. The minimum atomic E-state index is -0.0582. The van der Waals surface area contributed by atoms with E-state index in [9.17, 15) is 4.79 Å². The zero-order valence-electron chi connectivity index (χ0n) is 13.7. The van der Waals surface area contributed by atoms with Crippen LogP contribution in [0.4, 0.5) is 0 Å². The molecule has 3 aromatic rings. The molecule has 1 aromatic heterocycles. The third-order valence-electron chi connectivity index (χ3n) is 3.96. The summed E-state index contributed by atoms with van der Waals surface area (Å²) in [6.45, 7) is 6.68. The van der Waals surface area contributed by atoms with Crippen molar-refractivity contribution in [3.05, 3.63) is 65.2 Å². The van der Waals surface area contributed by atoms with E-state index in [-0.39, 0.29) is 5.91 Å². The van der Waals surface area contributed by atoms with Gasteiger partial charge in [-0.2, -0.15) is 0 Å². The first-order valence-corrected chi connectivity index (χ1v) is 7.85. The highest BCUT2D eigenvalue weighted by molar-refractivity contribution is 6.07. The van der Waals surface area contributed by atoms with Crippen molar-refractivity contribution in [1.29, 1.82) is 0 Å². The zero-order chi connectivity index (χ0) is 16.4.